The maximum Gasteiger partial charge on any atom is 0.271 e. The Balaban J connectivity index is 1.51. The number of carbonyl (C=O) groups excluding carboxylic acids is 1. The maximum atomic E-state index is 13.0. The van der Waals surface area contributed by atoms with Gasteiger partial charge >= 0.3 is 0 Å². The van der Waals surface area contributed by atoms with Crippen molar-refractivity contribution in [3.8, 4) is 16.9 Å². The van der Waals surface area contributed by atoms with Gasteiger partial charge in [0, 0.05) is 11.6 Å². The Hall–Kier alpha value is -3.25. The van der Waals surface area contributed by atoms with Gasteiger partial charge in [-0.25, -0.2) is 4.98 Å². The third kappa shape index (κ3) is 4.30. The second-order valence-electron chi connectivity index (χ2n) is 9.76. The van der Waals surface area contributed by atoms with E-state index in [0.717, 1.165) is 43.8 Å². The van der Waals surface area contributed by atoms with Gasteiger partial charge in [0.25, 0.3) is 5.91 Å². The monoisotopic (exact) mass is 456 g/mol. The molecule has 5 rings (SSSR count). The molecular weight excluding hydrogens is 424 g/mol. The van der Waals surface area contributed by atoms with Crippen LogP contribution in [0.4, 0.5) is 0 Å². The van der Waals surface area contributed by atoms with Crippen LogP contribution in [0.1, 0.15) is 66.5 Å². The first-order valence-corrected chi connectivity index (χ1v) is 12.2. The quantitative estimate of drug-likeness (QED) is 0.580. The molecule has 3 aromatic rings. The maximum absolute atomic E-state index is 13.0. The number of benzene rings is 2. The van der Waals surface area contributed by atoms with Crippen LogP contribution in [0, 0.1) is 6.92 Å². The number of ether oxygens (including phenoxy) is 1. The minimum absolute atomic E-state index is 0.0428. The van der Waals surface area contributed by atoms with Crippen LogP contribution in [0.5, 0.6) is 5.75 Å². The minimum Gasteiger partial charge on any atom is -0.491 e. The molecule has 1 amide bonds. The van der Waals surface area contributed by atoms with E-state index in [0.29, 0.717) is 5.69 Å². The van der Waals surface area contributed by atoms with Crippen LogP contribution in [-0.2, 0) is 5.41 Å². The molecule has 1 fully saturated rings. The van der Waals surface area contributed by atoms with Crippen LogP contribution in [0.3, 0.4) is 0 Å². The predicted octanol–water partition coefficient (Wildman–Crippen LogP) is 4.74. The van der Waals surface area contributed by atoms with Gasteiger partial charge in [-0.05, 0) is 87.5 Å². The van der Waals surface area contributed by atoms with E-state index in [1.807, 2.05) is 32.9 Å². The molecule has 1 aromatic heterocycles. The molecule has 1 aliphatic carbocycles. The Labute approximate surface area is 201 Å². The number of piperidine rings is 1. The minimum atomic E-state index is -0.171. The van der Waals surface area contributed by atoms with E-state index < -0.39 is 0 Å². The summed E-state index contributed by atoms with van der Waals surface area (Å²) in [6, 6.07) is 14.9. The number of aromatic nitrogens is 2. The Morgan fingerprint density at radius 3 is 2.53 bits per heavy atom. The van der Waals surface area contributed by atoms with Crippen molar-refractivity contribution >= 4 is 5.91 Å². The highest BCUT2D eigenvalue weighted by Gasteiger charge is 2.46. The van der Waals surface area contributed by atoms with Crippen molar-refractivity contribution in [3.63, 3.8) is 0 Å². The predicted molar refractivity (Wildman–Crippen MR) is 133 cm³/mol. The highest BCUT2D eigenvalue weighted by Crippen LogP contribution is 2.53. The SMILES string of the molecule is Cc1cnc(C(=O)N[C@@H]2CC3(CCNCC3)c3c(-c4ccc(OC(C)C)cc4)cccc32)cn1. The summed E-state index contributed by atoms with van der Waals surface area (Å²) in [5, 5.41) is 6.79. The summed E-state index contributed by atoms with van der Waals surface area (Å²) in [6.45, 7) is 7.91. The van der Waals surface area contributed by atoms with Gasteiger partial charge in [-0.2, -0.15) is 0 Å². The molecule has 1 saturated heterocycles. The molecule has 0 radical (unpaired) electrons. The van der Waals surface area contributed by atoms with Crippen molar-refractivity contribution < 1.29 is 9.53 Å². The highest BCUT2D eigenvalue weighted by atomic mass is 16.5. The van der Waals surface area contributed by atoms with E-state index in [-0.39, 0.29) is 23.5 Å². The molecule has 1 spiro atoms. The Morgan fingerprint density at radius 2 is 1.85 bits per heavy atom. The van der Waals surface area contributed by atoms with Crippen molar-refractivity contribution in [2.45, 2.75) is 57.6 Å². The third-order valence-corrected chi connectivity index (χ3v) is 7.01. The molecule has 1 atom stereocenters. The molecule has 1 aliphatic heterocycles. The van der Waals surface area contributed by atoms with Gasteiger partial charge in [-0.15, -0.1) is 0 Å². The van der Waals surface area contributed by atoms with Gasteiger partial charge in [0.15, 0.2) is 0 Å². The average Bonchev–Trinajstić information content (AvgIpc) is 3.12. The molecule has 0 saturated carbocycles. The summed E-state index contributed by atoms with van der Waals surface area (Å²) in [4.78, 5) is 21.6. The number of rotatable bonds is 5. The molecule has 6 nitrogen and oxygen atoms in total. The van der Waals surface area contributed by atoms with E-state index in [1.54, 1.807) is 12.4 Å². The number of amides is 1. The molecule has 2 heterocycles. The lowest BCUT2D eigenvalue weighted by molar-refractivity contribution is 0.0926. The fraction of sp³-hybridized carbons (Fsp3) is 0.393. The third-order valence-electron chi connectivity index (χ3n) is 7.01. The largest absolute Gasteiger partial charge is 0.491 e. The zero-order valence-electron chi connectivity index (χ0n) is 20.1. The Morgan fingerprint density at radius 1 is 1.09 bits per heavy atom. The number of carbonyl (C=O) groups is 1. The number of hydrogen-bond donors (Lipinski definition) is 2. The van der Waals surface area contributed by atoms with Crippen LogP contribution in [0.2, 0.25) is 0 Å². The van der Waals surface area contributed by atoms with Gasteiger partial charge in [-0.1, -0.05) is 30.3 Å². The molecule has 0 bridgehead atoms. The summed E-state index contributed by atoms with van der Waals surface area (Å²) in [7, 11) is 0. The first-order chi connectivity index (χ1) is 16.4. The van der Waals surface area contributed by atoms with Gasteiger partial charge in [0.2, 0.25) is 0 Å². The first kappa shape index (κ1) is 22.5. The topological polar surface area (TPSA) is 76.1 Å². The summed E-state index contributed by atoms with van der Waals surface area (Å²) < 4.78 is 5.85. The van der Waals surface area contributed by atoms with Crippen LogP contribution in [0.25, 0.3) is 11.1 Å². The van der Waals surface area contributed by atoms with Crippen molar-refractivity contribution in [1.29, 1.82) is 0 Å². The fourth-order valence-electron chi connectivity index (χ4n) is 5.51. The lowest BCUT2D eigenvalue weighted by atomic mass is 9.72. The lowest BCUT2D eigenvalue weighted by Crippen LogP contribution is -2.39. The number of fused-ring (bicyclic) bond motifs is 2. The van der Waals surface area contributed by atoms with Crippen molar-refractivity contribution in [1.82, 2.24) is 20.6 Å². The molecule has 176 valence electrons. The molecule has 0 unspecified atom stereocenters. The van der Waals surface area contributed by atoms with E-state index in [4.69, 9.17) is 4.74 Å². The second kappa shape index (κ2) is 9.18. The summed E-state index contributed by atoms with van der Waals surface area (Å²) in [5.74, 6) is 0.710. The summed E-state index contributed by atoms with van der Waals surface area (Å²) in [5.41, 5.74) is 6.23. The van der Waals surface area contributed by atoms with Crippen LogP contribution < -0.4 is 15.4 Å². The zero-order valence-corrected chi connectivity index (χ0v) is 20.1. The van der Waals surface area contributed by atoms with Gasteiger partial charge < -0.3 is 15.4 Å². The number of nitrogens with one attached hydrogen (secondary N) is 2. The first-order valence-electron chi connectivity index (χ1n) is 12.2. The summed E-state index contributed by atoms with van der Waals surface area (Å²) >= 11 is 0. The van der Waals surface area contributed by atoms with Crippen molar-refractivity contribution in [2.75, 3.05) is 13.1 Å². The molecular formula is C28H32N4O2. The lowest BCUT2D eigenvalue weighted by Gasteiger charge is -2.36. The van der Waals surface area contributed by atoms with E-state index in [1.165, 1.54) is 22.3 Å². The van der Waals surface area contributed by atoms with Gasteiger partial charge in [-0.3, -0.25) is 9.78 Å². The van der Waals surface area contributed by atoms with Crippen LogP contribution in [0.15, 0.2) is 54.9 Å². The van der Waals surface area contributed by atoms with Gasteiger partial charge in [0.1, 0.15) is 11.4 Å². The van der Waals surface area contributed by atoms with Crippen LogP contribution >= 0.6 is 0 Å². The molecule has 2 aromatic carbocycles. The highest BCUT2D eigenvalue weighted by molar-refractivity contribution is 5.92. The molecule has 6 heteroatoms. The van der Waals surface area contributed by atoms with E-state index in [2.05, 4.69) is 50.9 Å². The zero-order chi connectivity index (χ0) is 23.7. The van der Waals surface area contributed by atoms with E-state index in [9.17, 15) is 4.79 Å². The Kier molecular flexibility index (Phi) is 6.09. The van der Waals surface area contributed by atoms with Gasteiger partial charge in [0.05, 0.1) is 24.0 Å². The Bertz CT molecular complexity index is 1170. The molecule has 2 N–H and O–H groups in total. The second-order valence-corrected chi connectivity index (χ2v) is 9.76. The standard InChI is InChI=1S/C28H32N4O2/c1-18(2)34-21-9-7-20(8-10-21)22-5-4-6-23-24(15-28(26(22)23)11-13-29-14-12-28)32-27(33)25-17-30-19(3)16-31-25/h4-10,16-18,24,29H,11-15H2,1-3H3,(H,32,33)/t24-/m1/s1. The fourth-order valence-corrected chi connectivity index (χ4v) is 5.51. The van der Waals surface area contributed by atoms with Crippen molar-refractivity contribution in [2.24, 2.45) is 0 Å². The average molecular weight is 457 g/mol. The smallest absolute Gasteiger partial charge is 0.271 e. The molecule has 34 heavy (non-hydrogen) atoms. The number of nitrogens with zero attached hydrogens (tertiary/aromatic N) is 2. The van der Waals surface area contributed by atoms with Crippen molar-refractivity contribution in [3.05, 3.63) is 77.4 Å². The normalized spacial score (nSPS) is 18.6. The molecule has 2 aliphatic rings. The number of aryl methyl sites for hydroxylation is 1. The number of hydrogen-bond acceptors (Lipinski definition) is 5. The summed E-state index contributed by atoms with van der Waals surface area (Å²) in [6.07, 6.45) is 6.35. The van der Waals surface area contributed by atoms with E-state index >= 15 is 0 Å². The van der Waals surface area contributed by atoms with Crippen LogP contribution in [-0.4, -0.2) is 35.1 Å².